The minimum Gasteiger partial charge on any atom is -0.388 e. The van der Waals surface area contributed by atoms with Crippen LogP contribution in [0.25, 0.3) is 11.0 Å². The molecule has 3 rings (SSSR count). The largest absolute Gasteiger partial charge is 0.388 e. The molecule has 0 unspecified atom stereocenters. The average Bonchev–Trinajstić information content (AvgIpc) is 3.00. The van der Waals surface area contributed by atoms with Gasteiger partial charge >= 0.3 is 0 Å². The summed E-state index contributed by atoms with van der Waals surface area (Å²) in [5.74, 6) is 2.43. The van der Waals surface area contributed by atoms with Gasteiger partial charge in [-0.05, 0) is 26.0 Å². The van der Waals surface area contributed by atoms with Crippen molar-refractivity contribution in [3.63, 3.8) is 0 Å². The van der Waals surface area contributed by atoms with Gasteiger partial charge in [0.1, 0.15) is 18.3 Å². The zero-order chi connectivity index (χ0) is 14.1. The van der Waals surface area contributed by atoms with Crippen LogP contribution >= 0.6 is 0 Å². The van der Waals surface area contributed by atoms with Gasteiger partial charge in [0.25, 0.3) is 0 Å². The van der Waals surface area contributed by atoms with E-state index in [0.717, 1.165) is 29.2 Å². The van der Waals surface area contributed by atoms with Crippen LogP contribution in [0.5, 0.6) is 0 Å². The molecule has 0 atom stereocenters. The van der Waals surface area contributed by atoms with Crippen molar-refractivity contribution >= 4 is 11.0 Å². The fourth-order valence-electron chi connectivity index (χ4n) is 2.52. The van der Waals surface area contributed by atoms with E-state index in [4.69, 9.17) is 0 Å². The molecule has 6 nitrogen and oxygen atoms in total. The number of benzene rings is 1. The van der Waals surface area contributed by atoms with Crippen LogP contribution in [0.1, 0.15) is 24.4 Å². The third-order valence-electron chi connectivity index (χ3n) is 3.50. The Morgan fingerprint density at radius 1 is 1.10 bits per heavy atom. The van der Waals surface area contributed by atoms with Gasteiger partial charge in [0, 0.05) is 6.54 Å². The molecular weight excluding hydrogens is 254 g/mol. The van der Waals surface area contributed by atoms with Crippen molar-refractivity contribution in [2.75, 3.05) is 0 Å². The maximum absolute atomic E-state index is 9.50. The predicted octanol–water partition coefficient (Wildman–Crippen LogP) is 1.50. The number of fused-ring (bicyclic) bond motifs is 1. The first-order chi connectivity index (χ1) is 9.74. The van der Waals surface area contributed by atoms with Crippen molar-refractivity contribution in [3.8, 4) is 0 Å². The summed E-state index contributed by atoms with van der Waals surface area (Å²) >= 11 is 0. The van der Waals surface area contributed by atoms with Gasteiger partial charge in [-0.3, -0.25) is 0 Å². The van der Waals surface area contributed by atoms with Crippen LogP contribution in [-0.4, -0.2) is 29.4 Å². The summed E-state index contributed by atoms with van der Waals surface area (Å²) < 4.78 is 4.06. The lowest BCUT2D eigenvalue weighted by Gasteiger charge is -2.09. The summed E-state index contributed by atoms with van der Waals surface area (Å²) in [5, 5.41) is 17.8. The van der Waals surface area contributed by atoms with Gasteiger partial charge in [-0.25, -0.2) is 4.98 Å². The number of hydrogen-bond donors (Lipinski definition) is 1. The lowest BCUT2D eigenvalue weighted by atomic mass is 10.3. The Balaban J connectivity index is 2.09. The number of nitrogens with zero attached hydrogens (tertiary/aromatic N) is 5. The first kappa shape index (κ1) is 12.8. The fraction of sp³-hybridized carbons (Fsp3) is 0.357. The zero-order valence-corrected chi connectivity index (χ0v) is 11.6. The van der Waals surface area contributed by atoms with Crippen molar-refractivity contribution in [1.82, 2.24) is 24.3 Å². The van der Waals surface area contributed by atoms with Crippen LogP contribution in [0, 0.1) is 6.92 Å². The molecule has 2 aromatic heterocycles. The second-order valence-corrected chi connectivity index (χ2v) is 4.67. The van der Waals surface area contributed by atoms with Gasteiger partial charge in [0.15, 0.2) is 5.82 Å². The average molecular weight is 271 g/mol. The highest BCUT2D eigenvalue weighted by Crippen LogP contribution is 2.17. The van der Waals surface area contributed by atoms with E-state index in [-0.39, 0.29) is 6.61 Å². The van der Waals surface area contributed by atoms with Crippen LogP contribution < -0.4 is 0 Å². The molecule has 0 saturated heterocycles. The number of rotatable bonds is 4. The van der Waals surface area contributed by atoms with Crippen molar-refractivity contribution in [2.24, 2.45) is 0 Å². The molecule has 0 aliphatic carbocycles. The Morgan fingerprint density at radius 3 is 2.65 bits per heavy atom. The molecule has 0 radical (unpaired) electrons. The van der Waals surface area contributed by atoms with E-state index in [1.165, 1.54) is 0 Å². The Kier molecular flexibility index (Phi) is 3.23. The van der Waals surface area contributed by atoms with Gasteiger partial charge in [-0.1, -0.05) is 12.1 Å². The second kappa shape index (κ2) is 5.05. The highest BCUT2D eigenvalue weighted by atomic mass is 16.3. The van der Waals surface area contributed by atoms with E-state index in [0.29, 0.717) is 12.4 Å². The topological polar surface area (TPSA) is 68.8 Å². The molecule has 0 aliphatic rings. The smallest absolute Gasteiger partial charge is 0.153 e. The van der Waals surface area contributed by atoms with Crippen molar-refractivity contribution < 1.29 is 5.11 Å². The molecule has 0 spiro atoms. The Morgan fingerprint density at radius 2 is 1.90 bits per heavy atom. The molecule has 0 saturated carbocycles. The maximum Gasteiger partial charge on any atom is 0.153 e. The third kappa shape index (κ3) is 1.98. The van der Waals surface area contributed by atoms with Gasteiger partial charge < -0.3 is 14.2 Å². The molecule has 104 valence electrons. The first-order valence-corrected chi connectivity index (χ1v) is 6.68. The number of para-hydroxylation sites is 2. The summed E-state index contributed by atoms with van der Waals surface area (Å²) in [6.45, 7) is 5.31. The van der Waals surface area contributed by atoms with E-state index >= 15 is 0 Å². The minimum absolute atomic E-state index is 0.0894. The van der Waals surface area contributed by atoms with Crippen LogP contribution in [0.3, 0.4) is 0 Å². The normalized spacial score (nSPS) is 11.3. The maximum atomic E-state index is 9.50. The molecule has 1 aromatic carbocycles. The van der Waals surface area contributed by atoms with Crippen LogP contribution in [0.2, 0.25) is 0 Å². The van der Waals surface area contributed by atoms with Crippen molar-refractivity contribution in [1.29, 1.82) is 0 Å². The molecule has 20 heavy (non-hydrogen) atoms. The first-order valence-electron chi connectivity index (χ1n) is 6.68. The van der Waals surface area contributed by atoms with Crippen molar-refractivity contribution in [3.05, 3.63) is 41.7 Å². The van der Waals surface area contributed by atoms with Gasteiger partial charge in [-0.2, -0.15) is 0 Å². The Bertz CT molecular complexity index is 743. The predicted molar refractivity (Wildman–Crippen MR) is 75.2 cm³/mol. The Labute approximate surface area is 116 Å². The third-order valence-corrected chi connectivity index (χ3v) is 3.50. The van der Waals surface area contributed by atoms with E-state index in [1.807, 2.05) is 35.8 Å². The van der Waals surface area contributed by atoms with E-state index in [2.05, 4.69) is 26.7 Å². The van der Waals surface area contributed by atoms with Gasteiger partial charge in [0.2, 0.25) is 0 Å². The molecule has 3 aromatic rings. The number of aliphatic hydroxyl groups is 1. The minimum atomic E-state index is -0.0894. The number of aliphatic hydroxyl groups excluding tert-OH is 1. The molecule has 6 heteroatoms. The fourth-order valence-corrected chi connectivity index (χ4v) is 2.52. The highest BCUT2D eigenvalue weighted by molar-refractivity contribution is 5.75. The second-order valence-electron chi connectivity index (χ2n) is 4.67. The number of aryl methyl sites for hydroxylation is 1. The van der Waals surface area contributed by atoms with Crippen molar-refractivity contribution in [2.45, 2.75) is 33.5 Å². The molecule has 0 bridgehead atoms. The molecule has 0 amide bonds. The number of aromatic nitrogens is 5. The number of hydrogen-bond acceptors (Lipinski definition) is 4. The highest BCUT2D eigenvalue weighted by Gasteiger charge is 2.13. The van der Waals surface area contributed by atoms with Gasteiger partial charge in [-0.15, -0.1) is 10.2 Å². The molecule has 2 heterocycles. The van der Waals surface area contributed by atoms with Crippen LogP contribution in [0.4, 0.5) is 0 Å². The monoisotopic (exact) mass is 271 g/mol. The summed E-state index contributed by atoms with van der Waals surface area (Å²) in [5.41, 5.74) is 1.88. The molecular formula is C14H17N5O. The van der Waals surface area contributed by atoms with E-state index < -0.39 is 0 Å². The molecule has 0 fully saturated rings. The lowest BCUT2D eigenvalue weighted by molar-refractivity contribution is 0.266. The quantitative estimate of drug-likeness (QED) is 0.780. The molecule has 0 aliphatic heterocycles. The SMILES string of the molecule is CCn1c(C)nnc1Cn1c(CO)nc2ccccc21. The van der Waals surface area contributed by atoms with Gasteiger partial charge in [0.05, 0.1) is 17.6 Å². The lowest BCUT2D eigenvalue weighted by Crippen LogP contribution is -2.11. The standard InChI is InChI=1S/C14H17N5O/c1-3-18-10(2)16-17-13(18)8-19-12-7-5-4-6-11(12)15-14(19)9-20/h4-7,20H,3,8-9H2,1-2H3. The summed E-state index contributed by atoms with van der Waals surface area (Å²) in [7, 11) is 0. The van der Waals surface area contributed by atoms with E-state index in [9.17, 15) is 5.11 Å². The number of imidazole rings is 1. The summed E-state index contributed by atoms with van der Waals surface area (Å²) in [6, 6.07) is 7.86. The van der Waals surface area contributed by atoms with Crippen LogP contribution in [-0.2, 0) is 19.7 Å². The molecule has 1 N–H and O–H groups in total. The summed E-state index contributed by atoms with van der Waals surface area (Å²) in [4.78, 5) is 4.45. The summed E-state index contributed by atoms with van der Waals surface area (Å²) in [6.07, 6.45) is 0. The Hall–Kier alpha value is -2.21. The zero-order valence-electron chi connectivity index (χ0n) is 11.6. The van der Waals surface area contributed by atoms with Crippen LogP contribution in [0.15, 0.2) is 24.3 Å². The van der Waals surface area contributed by atoms with E-state index in [1.54, 1.807) is 0 Å².